The zero-order valence-corrected chi connectivity index (χ0v) is 7.66. The van der Waals surface area contributed by atoms with Crippen LogP contribution in [-0.2, 0) is 4.79 Å². The first kappa shape index (κ1) is 9.52. The van der Waals surface area contributed by atoms with Crippen molar-refractivity contribution in [3.05, 3.63) is 35.9 Å². The quantitative estimate of drug-likeness (QED) is 0.565. The Hall–Kier alpha value is -1.57. The highest BCUT2D eigenvalue weighted by atomic mass is 16.1. The third kappa shape index (κ3) is 3.11. The lowest BCUT2D eigenvalue weighted by Gasteiger charge is -1.94. The number of allylic oxidation sites excluding steroid dienone is 1. The van der Waals surface area contributed by atoms with Crippen LogP contribution < -0.4 is 5.73 Å². The van der Waals surface area contributed by atoms with Gasteiger partial charge >= 0.3 is 0 Å². The molecule has 0 unspecified atom stereocenters. The highest BCUT2D eigenvalue weighted by molar-refractivity contribution is 5.93. The molecular formula is C11H13NO. The molecule has 68 valence electrons. The molecule has 0 spiro atoms. The second-order valence-electron chi connectivity index (χ2n) is 2.82. The van der Waals surface area contributed by atoms with Gasteiger partial charge in [0.25, 0.3) is 0 Å². The molecule has 2 N–H and O–H groups in total. The van der Waals surface area contributed by atoms with Crippen molar-refractivity contribution in [1.82, 2.24) is 0 Å². The van der Waals surface area contributed by atoms with Crippen molar-refractivity contribution in [2.45, 2.75) is 13.3 Å². The minimum atomic E-state index is 0.127. The van der Waals surface area contributed by atoms with Crippen LogP contribution in [0.1, 0.15) is 18.9 Å². The van der Waals surface area contributed by atoms with E-state index in [1.54, 1.807) is 12.2 Å². The van der Waals surface area contributed by atoms with Gasteiger partial charge in [-0.2, -0.15) is 0 Å². The van der Waals surface area contributed by atoms with Gasteiger partial charge in [-0.25, -0.2) is 0 Å². The lowest BCUT2D eigenvalue weighted by molar-refractivity contribution is -0.114. The van der Waals surface area contributed by atoms with E-state index in [2.05, 4.69) is 0 Å². The summed E-state index contributed by atoms with van der Waals surface area (Å²) in [5.74, 6) is 0.127. The Labute approximate surface area is 78.1 Å². The first-order valence-corrected chi connectivity index (χ1v) is 4.29. The van der Waals surface area contributed by atoms with Gasteiger partial charge in [-0.1, -0.05) is 25.1 Å². The average molecular weight is 175 g/mol. The number of hydrogen-bond acceptors (Lipinski definition) is 2. The van der Waals surface area contributed by atoms with Crippen molar-refractivity contribution in [3.63, 3.8) is 0 Å². The Balaban J connectivity index is 2.74. The lowest BCUT2D eigenvalue weighted by Crippen LogP contribution is -1.87. The predicted molar refractivity (Wildman–Crippen MR) is 55.2 cm³/mol. The molecule has 0 aromatic heterocycles. The molecule has 0 amide bonds. The largest absolute Gasteiger partial charge is 0.399 e. The second-order valence-corrected chi connectivity index (χ2v) is 2.82. The Bertz CT molecular complexity index is 329. The summed E-state index contributed by atoms with van der Waals surface area (Å²) in [7, 11) is 0. The number of rotatable bonds is 3. The summed E-state index contributed by atoms with van der Waals surface area (Å²) >= 11 is 0. The number of nitrogens with two attached hydrogens (primary N) is 1. The molecule has 2 nitrogen and oxygen atoms in total. The van der Waals surface area contributed by atoms with Crippen molar-refractivity contribution >= 4 is 17.5 Å². The zero-order valence-electron chi connectivity index (χ0n) is 7.66. The van der Waals surface area contributed by atoms with E-state index in [9.17, 15) is 4.79 Å². The normalized spacial score (nSPS) is 10.5. The average Bonchev–Trinajstić information content (AvgIpc) is 2.14. The van der Waals surface area contributed by atoms with E-state index in [1.165, 1.54) is 0 Å². The van der Waals surface area contributed by atoms with Gasteiger partial charge < -0.3 is 5.73 Å². The van der Waals surface area contributed by atoms with Crippen molar-refractivity contribution < 1.29 is 4.79 Å². The summed E-state index contributed by atoms with van der Waals surface area (Å²) < 4.78 is 0. The minimum Gasteiger partial charge on any atom is -0.399 e. The van der Waals surface area contributed by atoms with Crippen molar-refractivity contribution in [1.29, 1.82) is 0 Å². The van der Waals surface area contributed by atoms with Crippen LogP contribution in [0.5, 0.6) is 0 Å². The van der Waals surface area contributed by atoms with E-state index >= 15 is 0 Å². The Morgan fingerprint density at radius 3 is 2.92 bits per heavy atom. The Kier molecular flexibility index (Phi) is 3.26. The third-order valence-electron chi connectivity index (χ3n) is 1.72. The zero-order chi connectivity index (χ0) is 9.68. The summed E-state index contributed by atoms with van der Waals surface area (Å²) in [6.07, 6.45) is 3.90. The lowest BCUT2D eigenvalue weighted by atomic mass is 10.1. The van der Waals surface area contributed by atoms with Gasteiger partial charge in [0.2, 0.25) is 0 Å². The van der Waals surface area contributed by atoms with Gasteiger partial charge in [0.15, 0.2) is 5.78 Å². The van der Waals surface area contributed by atoms with Crippen LogP contribution in [0.15, 0.2) is 30.3 Å². The number of anilines is 1. The van der Waals surface area contributed by atoms with Gasteiger partial charge in [0.1, 0.15) is 0 Å². The van der Waals surface area contributed by atoms with Crippen LogP contribution in [0.4, 0.5) is 5.69 Å². The van der Waals surface area contributed by atoms with Gasteiger partial charge in [-0.3, -0.25) is 4.79 Å². The molecule has 1 aromatic carbocycles. The number of hydrogen-bond donors (Lipinski definition) is 1. The number of ketones is 1. The number of carbonyl (C=O) groups excluding carboxylic acids is 1. The maximum atomic E-state index is 11.0. The summed E-state index contributed by atoms with van der Waals surface area (Å²) in [6, 6.07) is 7.43. The molecule has 0 radical (unpaired) electrons. The highest BCUT2D eigenvalue weighted by Crippen LogP contribution is 2.08. The molecule has 0 fully saturated rings. The monoisotopic (exact) mass is 175 g/mol. The van der Waals surface area contributed by atoms with Gasteiger partial charge in [-0.15, -0.1) is 0 Å². The Morgan fingerprint density at radius 2 is 2.31 bits per heavy atom. The van der Waals surface area contributed by atoms with Crippen molar-refractivity contribution in [2.24, 2.45) is 0 Å². The standard InChI is InChI=1S/C11H13NO/c1-2-11(13)7-6-9-4-3-5-10(12)8-9/h3-8H,2,12H2,1H3/b7-6+. The van der Waals surface area contributed by atoms with E-state index in [0.717, 1.165) is 5.56 Å². The first-order valence-electron chi connectivity index (χ1n) is 4.29. The molecule has 2 heteroatoms. The first-order chi connectivity index (χ1) is 6.22. The van der Waals surface area contributed by atoms with Crippen LogP contribution >= 0.6 is 0 Å². The van der Waals surface area contributed by atoms with Crippen LogP contribution in [0.2, 0.25) is 0 Å². The molecule has 0 saturated carbocycles. The van der Waals surface area contributed by atoms with Crippen LogP contribution in [0.25, 0.3) is 6.08 Å². The SMILES string of the molecule is CCC(=O)/C=C/c1cccc(N)c1. The van der Waals surface area contributed by atoms with E-state index in [1.807, 2.05) is 31.2 Å². The topological polar surface area (TPSA) is 43.1 Å². The summed E-state index contributed by atoms with van der Waals surface area (Å²) in [5.41, 5.74) is 7.25. The van der Waals surface area contributed by atoms with E-state index in [4.69, 9.17) is 5.73 Å². The maximum Gasteiger partial charge on any atom is 0.155 e. The fraction of sp³-hybridized carbons (Fsp3) is 0.182. The molecule has 0 atom stereocenters. The van der Waals surface area contributed by atoms with Crippen LogP contribution in [0, 0.1) is 0 Å². The maximum absolute atomic E-state index is 11.0. The van der Waals surface area contributed by atoms with Crippen molar-refractivity contribution in [2.75, 3.05) is 5.73 Å². The molecule has 13 heavy (non-hydrogen) atoms. The van der Waals surface area contributed by atoms with Gasteiger partial charge in [-0.05, 0) is 23.8 Å². The smallest absolute Gasteiger partial charge is 0.155 e. The molecule has 0 heterocycles. The second kappa shape index (κ2) is 4.45. The van der Waals surface area contributed by atoms with E-state index < -0.39 is 0 Å². The summed E-state index contributed by atoms with van der Waals surface area (Å²) in [4.78, 5) is 11.0. The highest BCUT2D eigenvalue weighted by Gasteiger charge is 1.91. The molecule has 0 saturated heterocycles. The summed E-state index contributed by atoms with van der Waals surface area (Å²) in [6.45, 7) is 1.84. The minimum absolute atomic E-state index is 0.127. The fourth-order valence-corrected chi connectivity index (χ4v) is 0.970. The number of nitrogen functional groups attached to an aromatic ring is 1. The summed E-state index contributed by atoms with van der Waals surface area (Å²) in [5, 5.41) is 0. The molecule has 0 aliphatic carbocycles. The number of carbonyl (C=O) groups is 1. The van der Waals surface area contributed by atoms with E-state index in [0.29, 0.717) is 12.1 Å². The van der Waals surface area contributed by atoms with Crippen LogP contribution in [0.3, 0.4) is 0 Å². The van der Waals surface area contributed by atoms with E-state index in [-0.39, 0.29) is 5.78 Å². The molecule has 0 aliphatic heterocycles. The third-order valence-corrected chi connectivity index (χ3v) is 1.72. The predicted octanol–water partition coefficient (Wildman–Crippen LogP) is 2.26. The van der Waals surface area contributed by atoms with Crippen LogP contribution in [-0.4, -0.2) is 5.78 Å². The fourth-order valence-electron chi connectivity index (χ4n) is 0.970. The van der Waals surface area contributed by atoms with Gasteiger partial charge in [0, 0.05) is 12.1 Å². The molecule has 1 aromatic rings. The van der Waals surface area contributed by atoms with Crippen molar-refractivity contribution in [3.8, 4) is 0 Å². The molecular weight excluding hydrogens is 162 g/mol. The number of benzene rings is 1. The van der Waals surface area contributed by atoms with Gasteiger partial charge in [0.05, 0.1) is 0 Å². The Morgan fingerprint density at radius 1 is 1.54 bits per heavy atom. The molecule has 0 bridgehead atoms. The molecule has 0 aliphatic rings. The molecule has 1 rings (SSSR count).